The molecule has 0 saturated heterocycles. The minimum absolute atomic E-state index is 0.135. The second kappa shape index (κ2) is 6.25. The van der Waals surface area contributed by atoms with Crippen molar-refractivity contribution in [2.75, 3.05) is 13.1 Å². The van der Waals surface area contributed by atoms with E-state index >= 15 is 0 Å². The molecule has 0 radical (unpaired) electrons. The molecular weight excluding hydrogens is 266 g/mol. The van der Waals surface area contributed by atoms with Gasteiger partial charge in [-0.25, -0.2) is 8.42 Å². The van der Waals surface area contributed by atoms with E-state index in [0.29, 0.717) is 31.5 Å². The van der Waals surface area contributed by atoms with Crippen LogP contribution in [0.2, 0.25) is 0 Å². The summed E-state index contributed by atoms with van der Waals surface area (Å²) in [6.07, 6.45) is 1.38. The van der Waals surface area contributed by atoms with Crippen LogP contribution < -0.4 is 0 Å². The first-order valence-electron chi connectivity index (χ1n) is 6.37. The van der Waals surface area contributed by atoms with Crippen molar-refractivity contribution in [2.45, 2.75) is 38.5 Å². The van der Waals surface area contributed by atoms with Crippen LogP contribution >= 0.6 is 0 Å². The molecule has 0 aliphatic rings. The Hall–Kier alpha value is -1.27. The molecule has 1 aromatic carbocycles. The summed E-state index contributed by atoms with van der Waals surface area (Å²) >= 11 is 0. The summed E-state index contributed by atoms with van der Waals surface area (Å²) in [5.41, 5.74) is 0.439. The standard InChI is InChI=1S/C13H21NO4S/c1-4-6-14(7-5-2)19(17,18)13-9-11(15)10(3)8-12(13)16/h8-9,15-16H,4-7H2,1-3H3. The Balaban J connectivity index is 3.28. The van der Waals surface area contributed by atoms with Gasteiger partial charge in [-0.2, -0.15) is 4.31 Å². The molecule has 0 amide bonds. The number of sulfonamides is 1. The summed E-state index contributed by atoms with van der Waals surface area (Å²) in [6.45, 7) is 6.17. The molecule has 0 unspecified atom stereocenters. The van der Waals surface area contributed by atoms with E-state index in [4.69, 9.17) is 0 Å². The number of hydrogen-bond donors (Lipinski definition) is 2. The van der Waals surface area contributed by atoms with Crippen molar-refractivity contribution < 1.29 is 18.6 Å². The average molecular weight is 287 g/mol. The van der Waals surface area contributed by atoms with E-state index in [1.165, 1.54) is 10.4 Å². The van der Waals surface area contributed by atoms with E-state index in [9.17, 15) is 18.6 Å². The summed E-state index contributed by atoms with van der Waals surface area (Å²) in [5.74, 6) is -0.461. The summed E-state index contributed by atoms with van der Waals surface area (Å²) in [7, 11) is -3.77. The van der Waals surface area contributed by atoms with Crippen molar-refractivity contribution in [2.24, 2.45) is 0 Å². The molecule has 1 rings (SSSR count). The molecule has 0 spiro atoms. The third kappa shape index (κ3) is 3.39. The van der Waals surface area contributed by atoms with Crippen LogP contribution in [0.4, 0.5) is 0 Å². The van der Waals surface area contributed by atoms with Gasteiger partial charge in [-0.15, -0.1) is 0 Å². The quantitative estimate of drug-likeness (QED) is 0.786. The molecule has 2 N–H and O–H groups in total. The lowest BCUT2D eigenvalue weighted by Gasteiger charge is -2.21. The van der Waals surface area contributed by atoms with Crippen molar-refractivity contribution in [3.05, 3.63) is 17.7 Å². The zero-order valence-electron chi connectivity index (χ0n) is 11.5. The molecule has 6 heteroatoms. The molecular formula is C13H21NO4S. The Bertz CT molecular complexity index is 534. The number of benzene rings is 1. The maximum absolute atomic E-state index is 12.5. The maximum Gasteiger partial charge on any atom is 0.246 e. The first kappa shape index (κ1) is 15.8. The molecule has 0 saturated carbocycles. The Morgan fingerprint density at radius 1 is 1.05 bits per heavy atom. The van der Waals surface area contributed by atoms with Crippen molar-refractivity contribution in [1.29, 1.82) is 0 Å². The number of aromatic hydroxyl groups is 2. The highest BCUT2D eigenvalue weighted by Gasteiger charge is 2.27. The van der Waals surface area contributed by atoms with Crippen LogP contribution in [0.15, 0.2) is 17.0 Å². The van der Waals surface area contributed by atoms with Crippen LogP contribution in [0.5, 0.6) is 11.5 Å². The van der Waals surface area contributed by atoms with E-state index in [1.54, 1.807) is 6.92 Å². The molecule has 19 heavy (non-hydrogen) atoms. The van der Waals surface area contributed by atoms with Crippen LogP contribution in [0, 0.1) is 6.92 Å². The van der Waals surface area contributed by atoms with Gasteiger partial charge in [-0.05, 0) is 31.4 Å². The van der Waals surface area contributed by atoms with E-state index in [-0.39, 0.29) is 16.4 Å². The number of phenolic OH excluding ortho intramolecular Hbond substituents is 2. The highest BCUT2D eigenvalue weighted by Crippen LogP contribution is 2.32. The van der Waals surface area contributed by atoms with E-state index in [0.717, 1.165) is 6.07 Å². The fraction of sp³-hybridized carbons (Fsp3) is 0.538. The van der Waals surface area contributed by atoms with E-state index in [2.05, 4.69) is 0 Å². The molecule has 0 aliphatic carbocycles. The van der Waals surface area contributed by atoms with Gasteiger partial charge in [0.25, 0.3) is 0 Å². The topological polar surface area (TPSA) is 77.8 Å². The summed E-state index contributed by atoms with van der Waals surface area (Å²) in [4.78, 5) is -0.238. The Morgan fingerprint density at radius 2 is 1.58 bits per heavy atom. The molecule has 108 valence electrons. The monoisotopic (exact) mass is 287 g/mol. The molecule has 0 heterocycles. The van der Waals surface area contributed by atoms with Crippen LogP contribution in [-0.2, 0) is 10.0 Å². The first-order valence-corrected chi connectivity index (χ1v) is 7.81. The van der Waals surface area contributed by atoms with Gasteiger partial charge in [-0.3, -0.25) is 0 Å². The van der Waals surface area contributed by atoms with Crippen LogP contribution in [0.3, 0.4) is 0 Å². The smallest absolute Gasteiger partial charge is 0.246 e. The zero-order valence-corrected chi connectivity index (χ0v) is 12.4. The SMILES string of the molecule is CCCN(CCC)S(=O)(=O)c1cc(O)c(C)cc1O. The van der Waals surface area contributed by atoms with Gasteiger partial charge >= 0.3 is 0 Å². The lowest BCUT2D eigenvalue weighted by molar-refractivity contribution is 0.400. The highest BCUT2D eigenvalue weighted by molar-refractivity contribution is 7.89. The predicted molar refractivity (Wildman–Crippen MR) is 73.8 cm³/mol. The first-order chi connectivity index (χ1) is 8.84. The number of phenols is 2. The molecule has 0 fully saturated rings. The van der Waals surface area contributed by atoms with Gasteiger partial charge in [0.2, 0.25) is 10.0 Å². The Morgan fingerprint density at radius 3 is 2.05 bits per heavy atom. The van der Waals surface area contributed by atoms with Crippen molar-refractivity contribution in [1.82, 2.24) is 4.31 Å². The lowest BCUT2D eigenvalue weighted by atomic mass is 10.2. The summed E-state index contributed by atoms with van der Waals surface area (Å²) in [5, 5.41) is 19.5. The highest BCUT2D eigenvalue weighted by atomic mass is 32.2. The molecule has 0 aliphatic heterocycles. The number of hydrogen-bond acceptors (Lipinski definition) is 4. The molecule has 0 atom stereocenters. The lowest BCUT2D eigenvalue weighted by Crippen LogP contribution is -2.32. The minimum atomic E-state index is -3.77. The van der Waals surface area contributed by atoms with E-state index in [1.807, 2.05) is 13.8 Å². The molecule has 5 nitrogen and oxygen atoms in total. The predicted octanol–water partition coefficient (Wildman–Crippen LogP) is 2.22. The number of nitrogens with zero attached hydrogens (tertiary/aromatic N) is 1. The van der Waals surface area contributed by atoms with Crippen molar-refractivity contribution in [3.63, 3.8) is 0 Å². The Labute approximate surface area is 114 Å². The second-order valence-corrected chi connectivity index (χ2v) is 6.42. The van der Waals surface area contributed by atoms with Gasteiger partial charge in [0, 0.05) is 19.2 Å². The fourth-order valence-electron chi connectivity index (χ4n) is 1.86. The van der Waals surface area contributed by atoms with Gasteiger partial charge in [0.15, 0.2) is 0 Å². The van der Waals surface area contributed by atoms with Crippen LogP contribution in [-0.4, -0.2) is 36.0 Å². The van der Waals surface area contributed by atoms with Crippen molar-refractivity contribution >= 4 is 10.0 Å². The third-order valence-electron chi connectivity index (χ3n) is 2.84. The number of rotatable bonds is 6. The van der Waals surface area contributed by atoms with Gasteiger partial charge in [-0.1, -0.05) is 13.8 Å². The maximum atomic E-state index is 12.5. The summed E-state index contributed by atoms with van der Waals surface area (Å²) in [6, 6.07) is 2.37. The minimum Gasteiger partial charge on any atom is -0.508 e. The molecule has 0 bridgehead atoms. The average Bonchev–Trinajstić information content (AvgIpc) is 2.33. The van der Waals surface area contributed by atoms with E-state index < -0.39 is 10.0 Å². The van der Waals surface area contributed by atoms with Crippen molar-refractivity contribution in [3.8, 4) is 11.5 Å². The molecule has 1 aromatic rings. The Kier molecular flexibility index (Phi) is 5.20. The molecule has 0 aromatic heterocycles. The zero-order chi connectivity index (χ0) is 14.6. The van der Waals surface area contributed by atoms with Gasteiger partial charge in [0.05, 0.1) is 0 Å². The van der Waals surface area contributed by atoms with Crippen LogP contribution in [0.25, 0.3) is 0 Å². The fourth-order valence-corrected chi connectivity index (χ4v) is 3.57. The summed E-state index contributed by atoms with van der Waals surface area (Å²) < 4.78 is 26.2. The van der Waals surface area contributed by atoms with Gasteiger partial charge in [0.1, 0.15) is 16.4 Å². The van der Waals surface area contributed by atoms with Crippen LogP contribution in [0.1, 0.15) is 32.3 Å². The normalized spacial score (nSPS) is 12.0. The van der Waals surface area contributed by atoms with Gasteiger partial charge < -0.3 is 10.2 Å². The third-order valence-corrected chi connectivity index (χ3v) is 4.77. The second-order valence-electron chi connectivity index (χ2n) is 4.51. The number of aryl methyl sites for hydroxylation is 1. The largest absolute Gasteiger partial charge is 0.508 e.